The largest absolute Gasteiger partial charge is 0.316 e. The van der Waals surface area contributed by atoms with E-state index < -0.39 is 5.91 Å². The van der Waals surface area contributed by atoms with Gasteiger partial charge in [-0.25, -0.2) is 5.48 Å². The molecule has 1 aliphatic rings. The van der Waals surface area contributed by atoms with E-state index in [9.17, 15) is 4.79 Å². The summed E-state index contributed by atoms with van der Waals surface area (Å²) in [5.41, 5.74) is 3.43. The molecular formula is C4H9N3O3. The lowest BCUT2D eigenvalue weighted by atomic mass is 10.5. The molecule has 1 rings (SSSR count). The maximum atomic E-state index is 10.5. The Morgan fingerprint density at radius 2 is 2.40 bits per heavy atom. The van der Waals surface area contributed by atoms with E-state index in [0.717, 1.165) is 0 Å². The van der Waals surface area contributed by atoms with Crippen molar-refractivity contribution >= 4 is 5.91 Å². The number of nitrogens with zero attached hydrogens (tertiary/aromatic N) is 1. The number of hydroxylamine groups is 2. The smallest absolute Gasteiger partial charge is 0.262 e. The predicted molar refractivity (Wildman–Crippen MR) is 30.2 cm³/mol. The maximum absolute atomic E-state index is 10.5. The Hall–Kier alpha value is -0.690. The van der Waals surface area contributed by atoms with Crippen LogP contribution in [0.4, 0.5) is 0 Å². The lowest BCUT2D eigenvalue weighted by Crippen LogP contribution is -2.29. The van der Waals surface area contributed by atoms with Crippen LogP contribution >= 0.6 is 0 Å². The molecule has 1 fully saturated rings. The lowest BCUT2D eigenvalue weighted by molar-refractivity contribution is -0.129. The molecular weight excluding hydrogens is 138 g/mol. The van der Waals surface area contributed by atoms with Gasteiger partial charge in [-0.3, -0.25) is 14.9 Å². The molecule has 4 N–H and O–H groups in total. The summed E-state index contributed by atoms with van der Waals surface area (Å²) >= 11 is 0. The molecule has 6 heteroatoms. The number of carbonyl (C=O) groups excluding carboxylic acids is 1. The Labute approximate surface area is 57.3 Å². The summed E-state index contributed by atoms with van der Waals surface area (Å²) in [6, 6.07) is -0.287. The third-order valence-electron chi connectivity index (χ3n) is 1.40. The highest BCUT2D eigenvalue weighted by atomic mass is 16.5. The molecule has 0 aliphatic carbocycles. The fourth-order valence-electron chi connectivity index (χ4n) is 0.764. The SMILES string of the molecule is O=C(NO)C1CN1CNO. The first-order valence-corrected chi connectivity index (χ1v) is 2.84. The van der Waals surface area contributed by atoms with Crippen molar-refractivity contribution in [2.24, 2.45) is 0 Å². The van der Waals surface area contributed by atoms with E-state index in [0.29, 0.717) is 6.54 Å². The zero-order chi connectivity index (χ0) is 7.56. The van der Waals surface area contributed by atoms with E-state index in [1.54, 1.807) is 4.90 Å². The van der Waals surface area contributed by atoms with E-state index in [1.807, 2.05) is 5.48 Å². The van der Waals surface area contributed by atoms with Gasteiger partial charge in [-0.05, 0) is 0 Å². The average Bonchev–Trinajstić information content (AvgIpc) is 2.67. The molecule has 1 heterocycles. The van der Waals surface area contributed by atoms with Crippen molar-refractivity contribution in [1.29, 1.82) is 0 Å². The normalized spacial score (nSPS) is 29.8. The monoisotopic (exact) mass is 147 g/mol. The third kappa shape index (κ3) is 1.42. The Kier molecular flexibility index (Phi) is 2.17. The van der Waals surface area contributed by atoms with Crippen LogP contribution in [0.3, 0.4) is 0 Å². The number of hydrogen-bond acceptors (Lipinski definition) is 5. The Bertz CT molecular complexity index is 140. The zero-order valence-electron chi connectivity index (χ0n) is 5.24. The number of hydrogen-bond donors (Lipinski definition) is 4. The zero-order valence-corrected chi connectivity index (χ0v) is 5.24. The van der Waals surface area contributed by atoms with Crippen molar-refractivity contribution in [2.75, 3.05) is 13.2 Å². The van der Waals surface area contributed by atoms with Crippen molar-refractivity contribution in [3.05, 3.63) is 0 Å². The molecule has 0 spiro atoms. The molecule has 1 saturated heterocycles. The van der Waals surface area contributed by atoms with Crippen LogP contribution in [0.5, 0.6) is 0 Å². The molecule has 1 amide bonds. The van der Waals surface area contributed by atoms with Gasteiger partial charge in [0.2, 0.25) is 0 Å². The maximum Gasteiger partial charge on any atom is 0.262 e. The van der Waals surface area contributed by atoms with Crippen LogP contribution in [0, 0.1) is 0 Å². The van der Waals surface area contributed by atoms with Crippen LogP contribution in [0.15, 0.2) is 0 Å². The minimum absolute atomic E-state index is 0.248. The fourth-order valence-corrected chi connectivity index (χ4v) is 0.764. The van der Waals surface area contributed by atoms with Crippen LogP contribution in [0.1, 0.15) is 0 Å². The summed E-state index contributed by atoms with van der Waals surface area (Å²) in [6.07, 6.45) is 0. The van der Waals surface area contributed by atoms with Crippen LogP contribution in [0.2, 0.25) is 0 Å². The van der Waals surface area contributed by atoms with Crippen LogP contribution in [-0.4, -0.2) is 40.5 Å². The summed E-state index contributed by atoms with van der Waals surface area (Å²) in [7, 11) is 0. The van der Waals surface area contributed by atoms with Crippen LogP contribution < -0.4 is 11.0 Å². The van der Waals surface area contributed by atoms with E-state index in [4.69, 9.17) is 10.4 Å². The first-order chi connectivity index (χ1) is 4.79. The van der Waals surface area contributed by atoms with Gasteiger partial charge in [0, 0.05) is 6.54 Å². The fraction of sp³-hybridized carbons (Fsp3) is 0.750. The molecule has 0 saturated carbocycles. The molecule has 0 bridgehead atoms. The summed E-state index contributed by atoms with van der Waals surface area (Å²) in [5.74, 6) is -0.435. The summed E-state index contributed by atoms with van der Waals surface area (Å²) in [6.45, 7) is 0.818. The highest BCUT2D eigenvalue weighted by Gasteiger charge is 2.39. The Balaban J connectivity index is 2.18. The van der Waals surface area contributed by atoms with Crippen LogP contribution in [0.25, 0.3) is 0 Å². The Morgan fingerprint density at radius 1 is 1.70 bits per heavy atom. The van der Waals surface area contributed by atoms with Gasteiger partial charge in [-0.15, -0.1) is 0 Å². The summed E-state index contributed by atoms with van der Waals surface area (Å²) in [5, 5.41) is 16.3. The molecule has 2 atom stereocenters. The average molecular weight is 147 g/mol. The van der Waals surface area contributed by atoms with Crippen molar-refractivity contribution < 1.29 is 15.2 Å². The van der Waals surface area contributed by atoms with Crippen molar-refractivity contribution in [3.8, 4) is 0 Å². The first-order valence-electron chi connectivity index (χ1n) is 2.84. The number of amides is 1. The van der Waals surface area contributed by atoms with Gasteiger partial charge in [0.15, 0.2) is 0 Å². The van der Waals surface area contributed by atoms with Gasteiger partial charge in [-0.1, -0.05) is 0 Å². The molecule has 58 valence electrons. The van der Waals surface area contributed by atoms with Crippen molar-refractivity contribution in [2.45, 2.75) is 6.04 Å². The number of rotatable bonds is 3. The molecule has 0 aromatic rings. The van der Waals surface area contributed by atoms with Gasteiger partial charge in [0.1, 0.15) is 6.04 Å². The molecule has 1 aliphatic heterocycles. The molecule has 10 heavy (non-hydrogen) atoms. The van der Waals surface area contributed by atoms with E-state index in [-0.39, 0.29) is 12.7 Å². The second-order valence-corrected chi connectivity index (χ2v) is 2.08. The van der Waals surface area contributed by atoms with E-state index >= 15 is 0 Å². The third-order valence-corrected chi connectivity index (χ3v) is 1.40. The molecule has 0 radical (unpaired) electrons. The minimum atomic E-state index is -0.435. The highest BCUT2D eigenvalue weighted by Crippen LogP contribution is 2.14. The summed E-state index contributed by atoms with van der Waals surface area (Å²) < 4.78 is 0. The van der Waals surface area contributed by atoms with E-state index in [2.05, 4.69) is 0 Å². The standard InChI is InChI=1S/C4H9N3O3/c8-4(6-10)3-1-7(3)2-5-9/h3,5,9-10H,1-2H2,(H,6,8). The number of carbonyl (C=O) groups is 1. The molecule has 0 aromatic heterocycles. The van der Waals surface area contributed by atoms with Gasteiger partial charge in [-0.2, -0.15) is 5.48 Å². The second kappa shape index (κ2) is 2.93. The van der Waals surface area contributed by atoms with Gasteiger partial charge in [0.25, 0.3) is 5.91 Å². The lowest BCUT2D eigenvalue weighted by Gasteiger charge is -1.98. The minimum Gasteiger partial charge on any atom is -0.316 e. The molecule has 6 nitrogen and oxygen atoms in total. The molecule has 0 aromatic carbocycles. The Morgan fingerprint density at radius 3 is 2.90 bits per heavy atom. The van der Waals surface area contributed by atoms with Gasteiger partial charge >= 0.3 is 0 Å². The van der Waals surface area contributed by atoms with Gasteiger partial charge in [0.05, 0.1) is 6.67 Å². The number of nitrogens with one attached hydrogen (secondary N) is 2. The quantitative estimate of drug-likeness (QED) is 0.213. The molecule has 2 unspecified atom stereocenters. The second-order valence-electron chi connectivity index (χ2n) is 2.08. The summed E-state index contributed by atoms with van der Waals surface area (Å²) in [4.78, 5) is 12.2. The topological polar surface area (TPSA) is 84.6 Å². The van der Waals surface area contributed by atoms with Gasteiger partial charge < -0.3 is 5.21 Å². The first kappa shape index (κ1) is 7.42. The predicted octanol–water partition coefficient (Wildman–Crippen LogP) is -1.89. The van der Waals surface area contributed by atoms with Crippen molar-refractivity contribution in [3.63, 3.8) is 0 Å². The van der Waals surface area contributed by atoms with Crippen LogP contribution in [-0.2, 0) is 4.79 Å². The van der Waals surface area contributed by atoms with Crippen molar-refractivity contribution in [1.82, 2.24) is 15.9 Å². The van der Waals surface area contributed by atoms with E-state index in [1.165, 1.54) is 5.48 Å². The highest BCUT2D eigenvalue weighted by molar-refractivity contribution is 5.83.